The Morgan fingerprint density at radius 3 is 2.89 bits per heavy atom. The molecule has 0 radical (unpaired) electrons. The Morgan fingerprint density at radius 1 is 1.47 bits per heavy atom. The Balaban J connectivity index is 2.17. The van der Waals surface area contributed by atoms with E-state index in [4.69, 9.17) is 5.11 Å². The summed E-state index contributed by atoms with van der Waals surface area (Å²) < 4.78 is 13.7. The normalized spacial score (nSPS) is 15.4. The molecule has 1 N–H and O–H groups in total. The number of hydrogen-bond donors (Lipinski definition) is 1. The number of aliphatic carboxylic acids is 1. The number of carbonyl (C=O) groups excluding carboxylic acids is 1. The minimum Gasteiger partial charge on any atom is -0.478 e. The second-order valence-electron chi connectivity index (χ2n) is 4.44. The van der Waals surface area contributed by atoms with Crippen molar-refractivity contribution in [3.63, 3.8) is 0 Å². The Labute approximate surface area is 110 Å². The number of hydrogen-bond acceptors (Lipinski definition) is 2. The number of carboxylic acid groups (broad SMARTS) is 1. The van der Waals surface area contributed by atoms with Crippen LogP contribution >= 0.6 is 0 Å². The summed E-state index contributed by atoms with van der Waals surface area (Å²) in [6.45, 7) is 0.882. The molecule has 1 heterocycles. The topological polar surface area (TPSA) is 57.6 Å². The standard InChI is InChI=1S/C14H14FNO3/c15-12-5-3-10(4-6-14(18)19)8-11(12)9-16-7-1-2-13(16)17/h3-6,8H,1-2,7,9H2,(H,18,19)/b6-4+. The number of halogens is 1. The Morgan fingerprint density at radius 2 is 2.26 bits per heavy atom. The van der Waals surface area contributed by atoms with Gasteiger partial charge in [0.05, 0.1) is 0 Å². The molecule has 1 aromatic carbocycles. The van der Waals surface area contributed by atoms with Crippen LogP contribution in [0.25, 0.3) is 6.08 Å². The van der Waals surface area contributed by atoms with Gasteiger partial charge in [-0.15, -0.1) is 0 Å². The quantitative estimate of drug-likeness (QED) is 0.846. The van der Waals surface area contributed by atoms with Crippen LogP contribution in [-0.2, 0) is 16.1 Å². The highest BCUT2D eigenvalue weighted by Crippen LogP contribution is 2.18. The van der Waals surface area contributed by atoms with Gasteiger partial charge in [0.1, 0.15) is 5.82 Å². The average Bonchev–Trinajstić information content (AvgIpc) is 2.76. The summed E-state index contributed by atoms with van der Waals surface area (Å²) in [5, 5.41) is 8.55. The summed E-state index contributed by atoms with van der Waals surface area (Å²) in [5.74, 6) is -1.40. The van der Waals surface area contributed by atoms with Crippen molar-refractivity contribution < 1.29 is 19.1 Å². The van der Waals surface area contributed by atoms with E-state index in [1.807, 2.05) is 0 Å². The number of rotatable bonds is 4. The SMILES string of the molecule is O=C(O)/C=C/c1ccc(F)c(CN2CCCC2=O)c1. The van der Waals surface area contributed by atoms with Crippen LogP contribution in [0, 0.1) is 5.82 Å². The van der Waals surface area contributed by atoms with Gasteiger partial charge in [-0.2, -0.15) is 0 Å². The fourth-order valence-corrected chi connectivity index (χ4v) is 2.06. The van der Waals surface area contributed by atoms with Crippen molar-refractivity contribution in [2.75, 3.05) is 6.54 Å². The van der Waals surface area contributed by atoms with E-state index in [2.05, 4.69) is 0 Å². The van der Waals surface area contributed by atoms with Gasteiger partial charge < -0.3 is 10.0 Å². The predicted octanol–water partition coefficient (Wildman–Crippen LogP) is 2.05. The van der Waals surface area contributed by atoms with Crippen molar-refractivity contribution in [3.05, 3.63) is 41.2 Å². The molecular formula is C14H14FNO3. The molecule has 1 amide bonds. The van der Waals surface area contributed by atoms with Crippen molar-refractivity contribution in [2.24, 2.45) is 0 Å². The van der Waals surface area contributed by atoms with Crippen LogP contribution < -0.4 is 0 Å². The van der Waals surface area contributed by atoms with Crippen LogP contribution in [0.4, 0.5) is 4.39 Å². The van der Waals surface area contributed by atoms with Gasteiger partial charge in [-0.05, 0) is 30.2 Å². The number of amides is 1. The second-order valence-corrected chi connectivity index (χ2v) is 4.44. The zero-order valence-electron chi connectivity index (χ0n) is 10.3. The maximum Gasteiger partial charge on any atom is 0.328 e. The van der Waals surface area contributed by atoms with Gasteiger partial charge in [0.2, 0.25) is 5.91 Å². The smallest absolute Gasteiger partial charge is 0.328 e. The number of likely N-dealkylation sites (tertiary alicyclic amines) is 1. The number of benzene rings is 1. The van der Waals surface area contributed by atoms with Crippen LogP contribution in [0.1, 0.15) is 24.0 Å². The van der Waals surface area contributed by atoms with Gasteiger partial charge in [0.25, 0.3) is 0 Å². The largest absolute Gasteiger partial charge is 0.478 e. The molecule has 1 aliphatic rings. The molecule has 0 aromatic heterocycles. The minimum atomic E-state index is -1.06. The third-order valence-electron chi connectivity index (χ3n) is 3.02. The van der Waals surface area contributed by atoms with Crippen molar-refractivity contribution in [3.8, 4) is 0 Å². The van der Waals surface area contributed by atoms with Crippen LogP contribution in [0.5, 0.6) is 0 Å². The van der Waals surface area contributed by atoms with Gasteiger partial charge in [-0.3, -0.25) is 4.79 Å². The van der Waals surface area contributed by atoms with Gasteiger partial charge in [-0.25, -0.2) is 9.18 Å². The summed E-state index contributed by atoms with van der Waals surface area (Å²) in [7, 11) is 0. The molecule has 0 spiro atoms. The zero-order valence-corrected chi connectivity index (χ0v) is 10.3. The summed E-state index contributed by atoms with van der Waals surface area (Å²) in [6.07, 6.45) is 3.72. The molecular weight excluding hydrogens is 249 g/mol. The molecule has 4 nitrogen and oxygen atoms in total. The Kier molecular flexibility index (Phi) is 3.94. The monoisotopic (exact) mass is 263 g/mol. The number of nitrogens with zero attached hydrogens (tertiary/aromatic N) is 1. The molecule has 19 heavy (non-hydrogen) atoms. The van der Waals surface area contributed by atoms with E-state index in [0.29, 0.717) is 24.1 Å². The lowest BCUT2D eigenvalue weighted by Gasteiger charge is -2.16. The number of carbonyl (C=O) groups is 2. The van der Waals surface area contributed by atoms with E-state index in [-0.39, 0.29) is 18.3 Å². The fourth-order valence-electron chi connectivity index (χ4n) is 2.06. The highest BCUT2D eigenvalue weighted by molar-refractivity contribution is 5.85. The third-order valence-corrected chi connectivity index (χ3v) is 3.02. The summed E-state index contributed by atoms with van der Waals surface area (Å²) in [4.78, 5) is 23.5. The minimum absolute atomic E-state index is 0.0332. The molecule has 1 fully saturated rings. The highest BCUT2D eigenvalue weighted by Gasteiger charge is 2.21. The Hall–Kier alpha value is -2.17. The van der Waals surface area contributed by atoms with E-state index in [0.717, 1.165) is 12.5 Å². The molecule has 0 unspecified atom stereocenters. The highest BCUT2D eigenvalue weighted by atomic mass is 19.1. The van der Waals surface area contributed by atoms with E-state index < -0.39 is 5.97 Å². The molecule has 0 aliphatic carbocycles. The van der Waals surface area contributed by atoms with Gasteiger partial charge in [0.15, 0.2) is 0 Å². The van der Waals surface area contributed by atoms with Gasteiger partial charge in [0, 0.05) is 31.1 Å². The second kappa shape index (κ2) is 5.65. The molecule has 2 rings (SSSR count). The first-order chi connectivity index (χ1) is 9.06. The third kappa shape index (κ3) is 3.40. The van der Waals surface area contributed by atoms with E-state index in [1.54, 1.807) is 11.0 Å². The first-order valence-corrected chi connectivity index (χ1v) is 6.03. The molecule has 0 saturated carbocycles. The van der Waals surface area contributed by atoms with Crippen LogP contribution in [0.15, 0.2) is 24.3 Å². The lowest BCUT2D eigenvalue weighted by atomic mass is 10.1. The molecule has 1 aliphatic heterocycles. The molecule has 1 saturated heterocycles. The Bertz CT molecular complexity index is 539. The maximum absolute atomic E-state index is 13.7. The first-order valence-electron chi connectivity index (χ1n) is 6.03. The van der Waals surface area contributed by atoms with E-state index >= 15 is 0 Å². The van der Waals surface area contributed by atoms with Crippen molar-refractivity contribution in [1.29, 1.82) is 0 Å². The van der Waals surface area contributed by atoms with E-state index in [1.165, 1.54) is 18.2 Å². The van der Waals surface area contributed by atoms with Crippen molar-refractivity contribution in [2.45, 2.75) is 19.4 Å². The fraction of sp³-hybridized carbons (Fsp3) is 0.286. The van der Waals surface area contributed by atoms with Crippen LogP contribution in [0.3, 0.4) is 0 Å². The lowest BCUT2D eigenvalue weighted by Crippen LogP contribution is -2.24. The molecule has 0 bridgehead atoms. The molecule has 0 atom stereocenters. The lowest BCUT2D eigenvalue weighted by molar-refractivity contribution is -0.131. The van der Waals surface area contributed by atoms with Crippen molar-refractivity contribution >= 4 is 18.0 Å². The zero-order chi connectivity index (χ0) is 13.8. The summed E-state index contributed by atoms with van der Waals surface area (Å²) in [5.41, 5.74) is 1.01. The predicted molar refractivity (Wildman–Crippen MR) is 67.7 cm³/mol. The average molecular weight is 263 g/mol. The maximum atomic E-state index is 13.7. The molecule has 100 valence electrons. The number of carboxylic acids is 1. The van der Waals surface area contributed by atoms with Gasteiger partial charge in [-0.1, -0.05) is 6.07 Å². The van der Waals surface area contributed by atoms with Crippen molar-refractivity contribution in [1.82, 2.24) is 4.90 Å². The summed E-state index contributed by atoms with van der Waals surface area (Å²) in [6, 6.07) is 4.36. The van der Waals surface area contributed by atoms with Crippen LogP contribution in [0.2, 0.25) is 0 Å². The summed E-state index contributed by atoms with van der Waals surface area (Å²) >= 11 is 0. The first kappa shape index (κ1) is 13.3. The molecule has 5 heteroatoms. The molecule has 1 aromatic rings. The van der Waals surface area contributed by atoms with E-state index in [9.17, 15) is 14.0 Å². The van der Waals surface area contributed by atoms with Crippen LogP contribution in [-0.4, -0.2) is 28.4 Å². The van der Waals surface area contributed by atoms with Gasteiger partial charge >= 0.3 is 5.97 Å².